The van der Waals surface area contributed by atoms with Crippen molar-refractivity contribution in [3.63, 3.8) is 0 Å². The number of hydrogen-bond acceptors (Lipinski definition) is 4. The second-order valence-electron chi connectivity index (χ2n) is 6.49. The van der Waals surface area contributed by atoms with E-state index in [1.807, 2.05) is 48.5 Å². The molecule has 0 heterocycles. The Bertz CT molecular complexity index is 673. The van der Waals surface area contributed by atoms with Gasteiger partial charge in [0, 0.05) is 6.42 Å². The molecular weight excluding hydrogens is 318 g/mol. The summed E-state index contributed by atoms with van der Waals surface area (Å²) in [5.41, 5.74) is 3.10. The molecule has 0 fully saturated rings. The van der Waals surface area contributed by atoms with Crippen molar-refractivity contribution in [2.24, 2.45) is 5.16 Å². The molecule has 0 radical (unpaired) electrons. The first-order chi connectivity index (χ1) is 11.4. The molecule has 128 valence electrons. The second-order valence-corrected chi connectivity index (χ2v) is 10.9. The van der Waals surface area contributed by atoms with Crippen LogP contribution in [-0.2, 0) is 10.9 Å². The topological polar surface area (TPSA) is 40.0 Å². The van der Waals surface area contributed by atoms with Crippen LogP contribution in [0.2, 0.25) is 19.6 Å². The van der Waals surface area contributed by atoms with Gasteiger partial charge in [-0.05, 0) is 67.2 Å². The molecule has 0 aliphatic heterocycles. The minimum Gasteiger partial charge on any atom is -0.497 e. The van der Waals surface area contributed by atoms with Crippen molar-refractivity contribution >= 4 is 14.0 Å². The third-order valence-corrected chi connectivity index (χ3v) is 4.02. The van der Waals surface area contributed by atoms with Crippen molar-refractivity contribution in [2.45, 2.75) is 26.1 Å². The molecule has 4 nitrogen and oxygen atoms in total. The Labute approximate surface area is 145 Å². The summed E-state index contributed by atoms with van der Waals surface area (Å²) in [4.78, 5) is 0. The van der Waals surface area contributed by atoms with Crippen LogP contribution in [0.5, 0.6) is 11.5 Å². The molecule has 0 bridgehead atoms. The van der Waals surface area contributed by atoms with Gasteiger partial charge in [0.1, 0.15) is 11.5 Å². The van der Waals surface area contributed by atoms with Crippen molar-refractivity contribution in [1.82, 2.24) is 0 Å². The van der Waals surface area contributed by atoms with E-state index >= 15 is 0 Å². The summed E-state index contributed by atoms with van der Waals surface area (Å²) in [6.07, 6.45) is 0.695. The van der Waals surface area contributed by atoms with Crippen LogP contribution < -0.4 is 9.47 Å². The average molecular weight is 343 g/mol. The fourth-order valence-corrected chi connectivity index (χ4v) is 2.48. The van der Waals surface area contributed by atoms with Crippen molar-refractivity contribution in [3.8, 4) is 11.5 Å². The molecule has 0 aromatic heterocycles. The van der Waals surface area contributed by atoms with Gasteiger partial charge in [-0.3, -0.25) is 0 Å². The Balaban J connectivity index is 2.27. The van der Waals surface area contributed by atoms with Gasteiger partial charge in [-0.2, -0.15) is 0 Å². The maximum absolute atomic E-state index is 5.79. The number of ether oxygens (including phenoxy) is 2. The Morgan fingerprint density at radius 1 is 0.833 bits per heavy atom. The Morgan fingerprint density at radius 2 is 1.33 bits per heavy atom. The third kappa shape index (κ3) is 5.42. The van der Waals surface area contributed by atoms with E-state index in [1.165, 1.54) is 0 Å². The maximum Gasteiger partial charge on any atom is 0.278 e. The van der Waals surface area contributed by atoms with Gasteiger partial charge in [-0.25, -0.2) is 0 Å². The number of oxime groups is 1. The predicted molar refractivity (Wildman–Crippen MR) is 101 cm³/mol. The highest BCUT2D eigenvalue weighted by molar-refractivity contribution is 6.69. The van der Waals surface area contributed by atoms with E-state index < -0.39 is 8.32 Å². The molecule has 0 atom stereocenters. The predicted octanol–water partition coefficient (Wildman–Crippen LogP) is 4.50. The molecule has 0 saturated heterocycles. The molecule has 2 aromatic rings. The molecule has 0 N–H and O–H groups in total. The fraction of sp³-hybridized carbons (Fsp3) is 0.316. The van der Waals surface area contributed by atoms with Crippen LogP contribution in [0.25, 0.3) is 0 Å². The third-order valence-electron chi connectivity index (χ3n) is 3.38. The van der Waals surface area contributed by atoms with Crippen molar-refractivity contribution in [1.29, 1.82) is 0 Å². The Kier molecular flexibility index (Phi) is 6.03. The molecule has 24 heavy (non-hydrogen) atoms. The summed E-state index contributed by atoms with van der Waals surface area (Å²) >= 11 is 0. The molecule has 0 unspecified atom stereocenters. The lowest BCUT2D eigenvalue weighted by atomic mass is 10.0. The van der Waals surface area contributed by atoms with E-state index in [1.54, 1.807) is 14.2 Å². The summed E-state index contributed by atoms with van der Waals surface area (Å²) < 4.78 is 16.2. The molecule has 0 amide bonds. The Morgan fingerprint density at radius 3 is 1.79 bits per heavy atom. The van der Waals surface area contributed by atoms with Gasteiger partial charge < -0.3 is 14.0 Å². The average Bonchev–Trinajstić information content (AvgIpc) is 2.58. The SMILES string of the molecule is COc1ccc(CC(=NO[Si](C)(C)C)c2ccc(OC)cc2)cc1. The molecule has 0 saturated carbocycles. The zero-order valence-corrected chi connectivity index (χ0v) is 16.0. The first kappa shape index (κ1) is 18.1. The van der Waals surface area contributed by atoms with Crippen LogP contribution in [0.15, 0.2) is 53.7 Å². The van der Waals surface area contributed by atoms with Crippen LogP contribution in [0.1, 0.15) is 11.1 Å². The largest absolute Gasteiger partial charge is 0.497 e. The lowest BCUT2D eigenvalue weighted by molar-refractivity contribution is 0.334. The second kappa shape index (κ2) is 8.01. The number of methoxy groups -OCH3 is 2. The standard InChI is InChI=1S/C19H25NO3Si/c1-21-17-10-6-15(7-11-17)14-19(20-23-24(3,4)5)16-8-12-18(22-2)13-9-16/h6-13H,14H2,1-5H3. The molecule has 5 heteroatoms. The minimum absolute atomic E-state index is 0.695. The number of rotatable bonds is 7. The first-order valence-corrected chi connectivity index (χ1v) is 11.3. The van der Waals surface area contributed by atoms with E-state index in [0.29, 0.717) is 6.42 Å². The highest BCUT2D eigenvalue weighted by Gasteiger charge is 2.17. The first-order valence-electron chi connectivity index (χ1n) is 7.93. The van der Waals surface area contributed by atoms with E-state index in [0.717, 1.165) is 28.3 Å². The summed E-state index contributed by atoms with van der Waals surface area (Å²) in [7, 11) is 1.60. The Hall–Kier alpha value is -2.27. The van der Waals surface area contributed by atoms with Gasteiger partial charge >= 0.3 is 0 Å². The zero-order chi connectivity index (χ0) is 17.6. The zero-order valence-electron chi connectivity index (χ0n) is 15.0. The van der Waals surface area contributed by atoms with Gasteiger partial charge in [-0.15, -0.1) is 5.16 Å². The van der Waals surface area contributed by atoms with Crippen molar-refractivity contribution < 1.29 is 14.0 Å². The fourth-order valence-electron chi connectivity index (χ4n) is 2.10. The van der Waals surface area contributed by atoms with E-state index in [4.69, 9.17) is 14.0 Å². The van der Waals surface area contributed by atoms with Crippen LogP contribution >= 0.6 is 0 Å². The molecule has 0 aliphatic rings. The molecule has 2 aromatic carbocycles. The highest BCUT2D eigenvalue weighted by Crippen LogP contribution is 2.17. The summed E-state index contributed by atoms with van der Waals surface area (Å²) in [6, 6.07) is 15.9. The van der Waals surface area contributed by atoms with Crippen LogP contribution in [0.4, 0.5) is 0 Å². The quantitative estimate of drug-likeness (QED) is 0.422. The maximum atomic E-state index is 5.79. The molecule has 0 spiro atoms. The molecule has 2 rings (SSSR count). The highest BCUT2D eigenvalue weighted by atomic mass is 28.4. The molecular formula is C19H25NO3Si. The number of nitrogens with zero attached hydrogens (tertiary/aromatic N) is 1. The monoisotopic (exact) mass is 343 g/mol. The number of benzene rings is 2. The summed E-state index contributed by atoms with van der Waals surface area (Å²) in [6.45, 7) is 6.36. The van der Waals surface area contributed by atoms with E-state index in [9.17, 15) is 0 Å². The van der Waals surface area contributed by atoms with Gasteiger partial charge in [0.15, 0.2) is 0 Å². The van der Waals surface area contributed by atoms with Gasteiger partial charge in [-0.1, -0.05) is 12.1 Å². The number of hydrogen-bond donors (Lipinski definition) is 0. The summed E-state index contributed by atoms with van der Waals surface area (Å²) in [5.74, 6) is 1.67. The summed E-state index contributed by atoms with van der Waals surface area (Å²) in [5, 5.41) is 4.46. The van der Waals surface area contributed by atoms with Gasteiger partial charge in [0.2, 0.25) is 0 Å². The molecule has 0 aliphatic carbocycles. The van der Waals surface area contributed by atoms with Crippen LogP contribution in [0.3, 0.4) is 0 Å². The lowest BCUT2D eigenvalue weighted by Crippen LogP contribution is -2.23. The minimum atomic E-state index is -1.73. The van der Waals surface area contributed by atoms with Crippen molar-refractivity contribution in [2.75, 3.05) is 14.2 Å². The smallest absolute Gasteiger partial charge is 0.278 e. The van der Waals surface area contributed by atoms with Gasteiger partial charge in [0.25, 0.3) is 8.32 Å². The van der Waals surface area contributed by atoms with E-state index in [-0.39, 0.29) is 0 Å². The van der Waals surface area contributed by atoms with Crippen molar-refractivity contribution in [3.05, 3.63) is 59.7 Å². The normalized spacial score (nSPS) is 12.0. The van der Waals surface area contributed by atoms with Crippen LogP contribution in [-0.4, -0.2) is 28.2 Å². The lowest BCUT2D eigenvalue weighted by Gasteiger charge is -2.15. The van der Waals surface area contributed by atoms with Crippen LogP contribution in [0, 0.1) is 0 Å². The van der Waals surface area contributed by atoms with E-state index in [2.05, 4.69) is 24.8 Å². The van der Waals surface area contributed by atoms with Gasteiger partial charge in [0.05, 0.1) is 19.9 Å².